The molecule has 0 saturated carbocycles. The van der Waals surface area contributed by atoms with E-state index in [2.05, 4.69) is 12.6 Å². The Hall–Kier alpha value is -0.850. The fourth-order valence-corrected chi connectivity index (χ4v) is 1.40. The molecule has 2 atom stereocenters. The lowest BCUT2D eigenvalue weighted by atomic mass is 10.0. The van der Waals surface area contributed by atoms with E-state index in [4.69, 9.17) is 14.7 Å². The minimum Gasteiger partial charge on any atom is -0.348 e. The molecule has 0 N–H and O–H groups in total. The van der Waals surface area contributed by atoms with Crippen LogP contribution in [0.3, 0.4) is 0 Å². The van der Waals surface area contributed by atoms with E-state index in [0.717, 1.165) is 0 Å². The van der Waals surface area contributed by atoms with E-state index in [-0.39, 0.29) is 12.0 Å². The quantitative estimate of drug-likeness (QED) is 0.624. The topological polar surface area (TPSA) is 42.2 Å². The highest BCUT2D eigenvalue weighted by molar-refractivity contribution is 4.94. The molecule has 13 heavy (non-hydrogen) atoms. The normalized spacial score (nSPS) is 27.9. The summed E-state index contributed by atoms with van der Waals surface area (Å²) in [6.07, 6.45) is 2.18. The van der Waals surface area contributed by atoms with Crippen LogP contribution in [0.15, 0.2) is 12.7 Å². The largest absolute Gasteiger partial charge is 0.348 e. The van der Waals surface area contributed by atoms with Crippen LogP contribution in [-0.4, -0.2) is 18.5 Å². The molecular formula is C10H15NO2. The third-order valence-corrected chi connectivity index (χ3v) is 2.14. The smallest absolute Gasteiger partial charge is 0.163 e. The van der Waals surface area contributed by atoms with Crippen LogP contribution in [-0.2, 0) is 9.47 Å². The molecule has 0 aromatic heterocycles. The Kier molecular flexibility index (Phi) is 3.07. The van der Waals surface area contributed by atoms with Gasteiger partial charge in [0.25, 0.3) is 0 Å². The molecule has 0 aliphatic carbocycles. The molecule has 0 bridgehead atoms. The third kappa shape index (κ3) is 2.55. The van der Waals surface area contributed by atoms with Crippen molar-refractivity contribution in [3.05, 3.63) is 12.7 Å². The Labute approximate surface area is 78.9 Å². The van der Waals surface area contributed by atoms with Crippen LogP contribution in [0.5, 0.6) is 0 Å². The first kappa shape index (κ1) is 10.2. The third-order valence-electron chi connectivity index (χ3n) is 2.14. The summed E-state index contributed by atoms with van der Waals surface area (Å²) in [5.41, 5.74) is 0. The van der Waals surface area contributed by atoms with Gasteiger partial charge in [-0.25, -0.2) is 0 Å². The Balaban J connectivity index is 2.54. The predicted molar refractivity (Wildman–Crippen MR) is 48.8 cm³/mol. The van der Waals surface area contributed by atoms with E-state index >= 15 is 0 Å². The molecule has 0 aromatic carbocycles. The first-order valence-corrected chi connectivity index (χ1v) is 4.40. The van der Waals surface area contributed by atoms with Gasteiger partial charge in [0, 0.05) is 12.3 Å². The number of nitrogens with zero attached hydrogens (tertiary/aromatic N) is 1. The highest BCUT2D eigenvalue weighted by Gasteiger charge is 2.36. The summed E-state index contributed by atoms with van der Waals surface area (Å²) >= 11 is 0. The van der Waals surface area contributed by atoms with Crippen molar-refractivity contribution in [2.24, 2.45) is 5.92 Å². The van der Waals surface area contributed by atoms with Gasteiger partial charge >= 0.3 is 0 Å². The molecule has 0 aromatic rings. The van der Waals surface area contributed by atoms with Gasteiger partial charge in [-0.15, -0.1) is 6.58 Å². The zero-order valence-electron chi connectivity index (χ0n) is 8.12. The zero-order chi connectivity index (χ0) is 9.90. The molecule has 1 aliphatic rings. The van der Waals surface area contributed by atoms with Crippen molar-refractivity contribution in [2.75, 3.05) is 6.61 Å². The molecule has 1 saturated heterocycles. The summed E-state index contributed by atoms with van der Waals surface area (Å²) in [6, 6.07) is 2.12. The van der Waals surface area contributed by atoms with Crippen molar-refractivity contribution in [2.45, 2.75) is 32.2 Å². The average molecular weight is 181 g/mol. The second-order valence-electron chi connectivity index (χ2n) is 3.63. The maximum atomic E-state index is 8.56. The predicted octanol–water partition coefficient (Wildman–Crippen LogP) is 1.85. The van der Waals surface area contributed by atoms with Gasteiger partial charge in [0.2, 0.25) is 0 Å². The van der Waals surface area contributed by atoms with Crippen LogP contribution in [0.4, 0.5) is 0 Å². The van der Waals surface area contributed by atoms with Crippen molar-refractivity contribution < 1.29 is 9.47 Å². The van der Waals surface area contributed by atoms with Crippen LogP contribution in [0.1, 0.15) is 20.3 Å². The van der Waals surface area contributed by atoms with E-state index in [1.165, 1.54) is 0 Å². The molecule has 1 fully saturated rings. The Morgan fingerprint density at radius 3 is 2.85 bits per heavy atom. The van der Waals surface area contributed by atoms with Gasteiger partial charge in [0.15, 0.2) is 5.79 Å². The minimum atomic E-state index is -0.513. The molecule has 1 aliphatic heterocycles. The SMILES string of the molecule is C=C[C@@H](CC#N)[C@H]1COC(C)(C)O1. The van der Waals surface area contributed by atoms with Gasteiger partial charge in [-0.1, -0.05) is 6.08 Å². The van der Waals surface area contributed by atoms with E-state index in [0.29, 0.717) is 13.0 Å². The Morgan fingerprint density at radius 1 is 1.77 bits per heavy atom. The summed E-state index contributed by atoms with van der Waals surface area (Å²) in [5.74, 6) is -0.437. The minimum absolute atomic E-state index is 0.0212. The Morgan fingerprint density at radius 2 is 2.46 bits per heavy atom. The molecule has 0 radical (unpaired) electrons. The second kappa shape index (κ2) is 3.91. The number of rotatable bonds is 3. The summed E-state index contributed by atoms with van der Waals surface area (Å²) in [6.45, 7) is 7.98. The van der Waals surface area contributed by atoms with Gasteiger partial charge < -0.3 is 9.47 Å². The molecule has 0 amide bonds. The Bertz CT molecular complexity index is 230. The van der Waals surface area contributed by atoms with E-state index in [1.807, 2.05) is 13.8 Å². The summed E-state index contributed by atoms with van der Waals surface area (Å²) in [7, 11) is 0. The highest BCUT2D eigenvalue weighted by Crippen LogP contribution is 2.28. The van der Waals surface area contributed by atoms with Crippen molar-refractivity contribution in [3.63, 3.8) is 0 Å². The zero-order valence-corrected chi connectivity index (χ0v) is 8.12. The summed E-state index contributed by atoms with van der Waals surface area (Å²) in [5, 5.41) is 8.56. The van der Waals surface area contributed by atoms with Gasteiger partial charge in [-0.05, 0) is 13.8 Å². The molecule has 3 nitrogen and oxygen atoms in total. The first-order chi connectivity index (χ1) is 6.09. The van der Waals surface area contributed by atoms with E-state index in [9.17, 15) is 0 Å². The molecule has 0 spiro atoms. The van der Waals surface area contributed by atoms with Crippen LogP contribution in [0, 0.1) is 17.2 Å². The summed E-state index contributed by atoms with van der Waals surface area (Å²) in [4.78, 5) is 0. The highest BCUT2D eigenvalue weighted by atomic mass is 16.7. The van der Waals surface area contributed by atoms with E-state index in [1.54, 1.807) is 6.08 Å². The molecule has 1 rings (SSSR count). The van der Waals surface area contributed by atoms with Crippen molar-refractivity contribution in [1.82, 2.24) is 0 Å². The monoisotopic (exact) mass is 181 g/mol. The standard InChI is InChI=1S/C10H15NO2/c1-4-8(5-6-11)9-7-12-10(2,3)13-9/h4,8-9H,1,5,7H2,2-3H3/t8-,9+/m0/s1. The lowest BCUT2D eigenvalue weighted by Gasteiger charge is -2.19. The lowest BCUT2D eigenvalue weighted by Crippen LogP contribution is -2.25. The van der Waals surface area contributed by atoms with Gasteiger partial charge in [-0.2, -0.15) is 5.26 Å². The molecule has 1 heterocycles. The van der Waals surface area contributed by atoms with E-state index < -0.39 is 5.79 Å². The maximum absolute atomic E-state index is 8.56. The van der Waals surface area contributed by atoms with Gasteiger partial charge in [0.05, 0.1) is 18.8 Å². The molecule has 72 valence electrons. The van der Waals surface area contributed by atoms with Gasteiger partial charge in [0.1, 0.15) is 0 Å². The van der Waals surface area contributed by atoms with Crippen LogP contribution in [0.25, 0.3) is 0 Å². The first-order valence-electron chi connectivity index (χ1n) is 4.40. The number of hydrogen-bond acceptors (Lipinski definition) is 3. The van der Waals surface area contributed by atoms with Crippen LogP contribution < -0.4 is 0 Å². The lowest BCUT2D eigenvalue weighted by molar-refractivity contribution is -0.142. The second-order valence-corrected chi connectivity index (χ2v) is 3.63. The average Bonchev–Trinajstić information content (AvgIpc) is 2.42. The number of nitriles is 1. The molecular weight excluding hydrogens is 166 g/mol. The van der Waals surface area contributed by atoms with Crippen molar-refractivity contribution in [1.29, 1.82) is 5.26 Å². The van der Waals surface area contributed by atoms with Crippen LogP contribution >= 0.6 is 0 Å². The fraction of sp³-hybridized carbons (Fsp3) is 0.700. The fourth-order valence-electron chi connectivity index (χ4n) is 1.40. The van der Waals surface area contributed by atoms with Gasteiger partial charge in [-0.3, -0.25) is 0 Å². The summed E-state index contributed by atoms with van der Waals surface area (Å²) < 4.78 is 11.0. The van der Waals surface area contributed by atoms with Crippen molar-refractivity contribution in [3.8, 4) is 6.07 Å². The maximum Gasteiger partial charge on any atom is 0.163 e. The van der Waals surface area contributed by atoms with Crippen LogP contribution in [0.2, 0.25) is 0 Å². The van der Waals surface area contributed by atoms with Crippen molar-refractivity contribution >= 4 is 0 Å². The number of ether oxygens (including phenoxy) is 2. The number of hydrogen-bond donors (Lipinski definition) is 0. The molecule has 0 unspecified atom stereocenters. The molecule has 3 heteroatoms.